The molecule has 1 amide bonds. The van der Waals surface area contributed by atoms with E-state index < -0.39 is 0 Å². The van der Waals surface area contributed by atoms with Crippen LogP contribution < -0.4 is 5.73 Å². The summed E-state index contributed by atoms with van der Waals surface area (Å²) in [5.74, 6) is 0.277. The van der Waals surface area contributed by atoms with E-state index in [1.807, 2.05) is 4.90 Å². The maximum absolute atomic E-state index is 12.4. The van der Waals surface area contributed by atoms with Gasteiger partial charge in [-0.15, -0.1) is 0 Å². The zero-order valence-corrected chi connectivity index (χ0v) is 12.7. The molecular formula is C15H29N3O2. The highest BCUT2D eigenvalue weighted by molar-refractivity contribution is 5.77. The van der Waals surface area contributed by atoms with E-state index in [4.69, 9.17) is 10.5 Å². The third-order valence-corrected chi connectivity index (χ3v) is 4.65. The molecule has 0 aromatic rings. The molecule has 20 heavy (non-hydrogen) atoms. The van der Waals surface area contributed by atoms with Crippen LogP contribution in [0.1, 0.15) is 38.5 Å². The average molecular weight is 283 g/mol. The van der Waals surface area contributed by atoms with Gasteiger partial charge in [-0.05, 0) is 38.6 Å². The minimum absolute atomic E-state index is 0.169. The molecule has 2 heterocycles. The lowest BCUT2D eigenvalue weighted by Crippen LogP contribution is -2.50. The number of likely N-dealkylation sites (tertiary alicyclic amines) is 2. The van der Waals surface area contributed by atoms with Crippen molar-refractivity contribution in [3.63, 3.8) is 0 Å². The molecule has 2 atom stereocenters. The number of carbonyl (C=O) groups is 1. The van der Waals surface area contributed by atoms with Crippen molar-refractivity contribution >= 4 is 5.91 Å². The molecule has 0 bridgehead atoms. The minimum Gasteiger partial charge on any atom is -0.380 e. The predicted octanol–water partition coefficient (Wildman–Crippen LogP) is 0.827. The van der Waals surface area contributed by atoms with Gasteiger partial charge in [0.05, 0.1) is 6.10 Å². The fourth-order valence-electron chi connectivity index (χ4n) is 3.33. The van der Waals surface area contributed by atoms with Crippen molar-refractivity contribution in [2.75, 3.05) is 39.8 Å². The summed E-state index contributed by atoms with van der Waals surface area (Å²) in [6.45, 7) is 4.35. The molecule has 2 aliphatic heterocycles. The molecule has 116 valence electrons. The van der Waals surface area contributed by atoms with Gasteiger partial charge in [0, 0.05) is 45.8 Å². The van der Waals surface area contributed by atoms with Gasteiger partial charge >= 0.3 is 0 Å². The van der Waals surface area contributed by atoms with Crippen molar-refractivity contribution in [3.8, 4) is 0 Å². The maximum atomic E-state index is 12.4. The van der Waals surface area contributed by atoms with Crippen LogP contribution in [0.5, 0.6) is 0 Å². The van der Waals surface area contributed by atoms with Gasteiger partial charge < -0.3 is 15.4 Å². The van der Waals surface area contributed by atoms with Gasteiger partial charge in [-0.1, -0.05) is 0 Å². The number of amides is 1. The minimum atomic E-state index is 0.169. The number of nitrogens with two attached hydrogens (primary N) is 1. The van der Waals surface area contributed by atoms with E-state index in [-0.39, 0.29) is 11.9 Å². The molecule has 0 saturated carbocycles. The number of hydrogen-bond acceptors (Lipinski definition) is 4. The van der Waals surface area contributed by atoms with Gasteiger partial charge in [-0.3, -0.25) is 9.69 Å². The Morgan fingerprint density at radius 3 is 2.65 bits per heavy atom. The third kappa shape index (κ3) is 4.17. The van der Waals surface area contributed by atoms with Gasteiger partial charge in [0.15, 0.2) is 0 Å². The second kappa shape index (κ2) is 7.96. The Labute approximate surface area is 122 Å². The summed E-state index contributed by atoms with van der Waals surface area (Å²) in [6.07, 6.45) is 6.65. The monoisotopic (exact) mass is 283 g/mol. The molecule has 0 aliphatic carbocycles. The second-order valence-electron chi connectivity index (χ2n) is 6.03. The lowest BCUT2D eigenvalue weighted by molar-refractivity contribution is -0.133. The zero-order chi connectivity index (χ0) is 14.4. The molecule has 0 aromatic carbocycles. The SMILES string of the molecule is COC1CCCN(C(CN)CC(=O)N2CCCCC2)C1. The van der Waals surface area contributed by atoms with Crippen LogP contribution >= 0.6 is 0 Å². The average Bonchev–Trinajstić information content (AvgIpc) is 2.53. The predicted molar refractivity (Wildman–Crippen MR) is 79.5 cm³/mol. The van der Waals surface area contributed by atoms with Crippen LogP contribution in [0.2, 0.25) is 0 Å². The van der Waals surface area contributed by atoms with Crippen LogP contribution in [0.3, 0.4) is 0 Å². The first-order valence-electron chi connectivity index (χ1n) is 7.99. The van der Waals surface area contributed by atoms with Crippen LogP contribution in [-0.4, -0.2) is 67.7 Å². The molecule has 2 aliphatic rings. The zero-order valence-electron chi connectivity index (χ0n) is 12.7. The van der Waals surface area contributed by atoms with Crippen LogP contribution in [-0.2, 0) is 9.53 Å². The number of rotatable bonds is 5. The third-order valence-electron chi connectivity index (χ3n) is 4.65. The van der Waals surface area contributed by atoms with E-state index in [1.54, 1.807) is 7.11 Å². The summed E-state index contributed by atoms with van der Waals surface area (Å²) in [6, 6.07) is 0.169. The highest BCUT2D eigenvalue weighted by Gasteiger charge is 2.28. The van der Waals surface area contributed by atoms with Crippen LogP contribution in [0, 0.1) is 0 Å². The van der Waals surface area contributed by atoms with E-state index in [2.05, 4.69) is 4.90 Å². The number of hydrogen-bond donors (Lipinski definition) is 1. The summed E-state index contributed by atoms with van der Waals surface area (Å²) in [4.78, 5) is 16.7. The van der Waals surface area contributed by atoms with Gasteiger partial charge in [0.25, 0.3) is 0 Å². The van der Waals surface area contributed by atoms with Gasteiger partial charge in [-0.2, -0.15) is 0 Å². The van der Waals surface area contributed by atoms with Crippen molar-refractivity contribution in [1.29, 1.82) is 0 Å². The molecule has 0 spiro atoms. The molecule has 0 aromatic heterocycles. The van der Waals surface area contributed by atoms with E-state index in [0.29, 0.717) is 19.1 Å². The molecule has 2 rings (SSSR count). The lowest BCUT2D eigenvalue weighted by Gasteiger charge is -2.38. The van der Waals surface area contributed by atoms with Crippen molar-refractivity contribution in [2.45, 2.75) is 50.7 Å². The summed E-state index contributed by atoms with van der Waals surface area (Å²) in [5, 5.41) is 0. The molecule has 2 saturated heterocycles. The Morgan fingerprint density at radius 2 is 2.00 bits per heavy atom. The second-order valence-corrected chi connectivity index (χ2v) is 6.03. The van der Waals surface area contributed by atoms with E-state index in [9.17, 15) is 4.79 Å². The maximum Gasteiger partial charge on any atom is 0.224 e. The van der Waals surface area contributed by atoms with E-state index >= 15 is 0 Å². The Bertz CT molecular complexity index is 305. The van der Waals surface area contributed by atoms with Gasteiger partial charge in [0.2, 0.25) is 5.91 Å². The Morgan fingerprint density at radius 1 is 1.25 bits per heavy atom. The first kappa shape index (κ1) is 15.7. The van der Waals surface area contributed by atoms with Crippen LogP contribution in [0.4, 0.5) is 0 Å². The number of carbonyl (C=O) groups excluding carboxylic acids is 1. The van der Waals surface area contributed by atoms with Crippen LogP contribution in [0.25, 0.3) is 0 Å². The molecule has 2 unspecified atom stereocenters. The molecule has 0 radical (unpaired) electrons. The van der Waals surface area contributed by atoms with E-state index in [1.165, 1.54) is 6.42 Å². The summed E-state index contributed by atoms with van der Waals surface area (Å²) in [7, 11) is 1.77. The Hall–Kier alpha value is -0.650. The molecule has 2 fully saturated rings. The first-order chi connectivity index (χ1) is 9.74. The van der Waals surface area contributed by atoms with Crippen LogP contribution in [0.15, 0.2) is 0 Å². The topological polar surface area (TPSA) is 58.8 Å². The smallest absolute Gasteiger partial charge is 0.224 e. The molecule has 5 heteroatoms. The van der Waals surface area contributed by atoms with Crippen molar-refractivity contribution in [1.82, 2.24) is 9.80 Å². The summed E-state index contributed by atoms with van der Waals surface area (Å²) >= 11 is 0. The number of methoxy groups -OCH3 is 1. The molecule has 5 nitrogen and oxygen atoms in total. The van der Waals surface area contributed by atoms with E-state index in [0.717, 1.165) is 51.9 Å². The lowest BCUT2D eigenvalue weighted by atomic mass is 10.0. The quantitative estimate of drug-likeness (QED) is 0.812. The number of piperidine rings is 2. The van der Waals surface area contributed by atoms with Gasteiger partial charge in [0.1, 0.15) is 0 Å². The Kier molecular flexibility index (Phi) is 6.26. The fraction of sp³-hybridized carbons (Fsp3) is 0.933. The normalized spacial score (nSPS) is 26.5. The highest BCUT2D eigenvalue weighted by atomic mass is 16.5. The Balaban J connectivity index is 1.85. The summed E-state index contributed by atoms with van der Waals surface area (Å²) < 4.78 is 5.46. The van der Waals surface area contributed by atoms with Gasteiger partial charge in [-0.25, -0.2) is 0 Å². The van der Waals surface area contributed by atoms with Crippen molar-refractivity contribution < 1.29 is 9.53 Å². The summed E-state index contributed by atoms with van der Waals surface area (Å²) in [5.41, 5.74) is 5.92. The van der Waals surface area contributed by atoms with Crippen molar-refractivity contribution in [2.24, 2.45) is 5.73 Å². The first-order valence-corrected chi connectivity index (χ1v) is 7.99. The highest BCUT2D eigenvalue weighted by Crippen LogP contribution is 2.18. The number of nitrogens with zero attached hydrogens (tertiary/aromatic N) is 2. The largest absolute Gasteiger partial charge is 0.380 e. The molecular weight excluding hydrogens is 254 g/mol. The standard InChI is InChI=1S/C15H29N3O2/c1-20-14-6-5-9-18(12-14)13(11-16)10-15(19)17-7-3-2-4-8-17/h13-14H,2-12,16H2,1H3. The fourth-order valence-corrected chi connectivity index (χ4v) is 3.33. The van der Waals surface area contributed by atoms with Crippen molar-refractivity contribution in [3.05, 3.63) is 0 Å². The number of ether oxygens (including phenoxy) is 1. The molecule has 2 N–H and O–H groups in total.